The van der Waals surface area contributed by atoms with Gasteiger partial charge >= 0.3 is 0 Å². The normalized spacial score (nSPS) is 10.4. The third kappa shape index (κ3) is 3.20. The monoisotopic (exact) mass is 374 g/mol. The number of pyridine rings is 1. The van der Waals surface area contributed by atoms with Gasteiger partial charge in [0.15, 0.2) is 0 Å². The number of anilines is 1. The van der Waals surface area contributed by atoms with Crippen molar-refractivity contribution in [1.82, 2.24) is 4.98 Å². The Morgan fingerprint density at radius 1 is 1.22 bits per heavy atom. The summed E-state index contributed by atoms with van der Waals surface area (Å²) in [5.74, 6) is -0.335. The number of hydrogen-bond acceptors (Lipinski definition) is 3. The average Bonchev–Trinajstić information content (AvgIpc) is 2.35. The molecule has 0 atom stereocenters. The molecular formula is C12H9Br2FN2O. The summed E-state index contributed by atoms with van der Waals surface area (Å²) >= 11 is 6.53. The summed E-state index contributed by atoms with van der Waals surface area (Å²) in [7, 11) is 0. The molecule has 18 heavy (non-hydrogen) atoms. The molecule has 0 aliphatic carbocycles. The summed E-state index contributed by atoms with van der Waals surface area (Å²) < 4.78 is 13.9. The molecule has 0 aliphatic rings. The lowest BCUT2D eigenvalue weighted by molar-refractivity contribution is 0.468. The van der Waals surface area contributed by atoms with Gasteiger partial charge in [-0.05, 0) is 61.7 Å². The standard InChI is InChI=1S/C12H9Br2FN2O/c13-9-3-7(4-10(14)12(9)18)5-16-8-1-2-11(15)17-6-8/h1-4,6,16,18H,5H2. The van der Waals surface area contributed by atoms with Crippen LogP contribution in [0.25, 0.3) is 0 Å². The van der Waals surface area contributed by atoms with E-state index in [-0.39, 0.29) is 5.75 Å². The maximum absolute atomic E-state index is 12.6. The van der Waals surface area contributed by atoms with Crippen LogP contribution in [0.5, 0.6) is 5.75 Å². The maximum Gasteiger partial charge on any atom is 0.212 e. The van der Waals surface area contributed by atoms with Crippen LogP contribution in [-0.4, -0.2) is 10.1 Å². The van der Waals surface area contributed by atoms with Crippen LogP contribution in [-0.2, 0) is 6.54 Å². The highest BCUT2D eigenvalue weighted by Gasteiger charge is 2.05. The van der Waals surface area contributed by atoms with Crippen LogP contribution in [0, 0.1) is 5.95 Å². The summed E-state index contributed by atoms with van der Waals surface area (Å²) in [5.41, 5.74) is 1.70. The van der Waals surface area contributed by atoms with Crippen LogP contribution in [0.3, 0.4) is 0 Å². The van der Waals surface area contributed by atoms with Crippen molar-refractivity contribution < 1.29 is 9.50 Å². The third-order valence-electron chi connectivity index (χ3n) is 2.30. The second kappa shape index (κ2) is 5.67. The molecule has 0 unspecified atom stereocenters. The number of hydrogen-bond donors (Lipinski definition) is 2. The van der Waals surface area contributed by atoms with Crippen molar-refractivity contribution >= 4 is 37.5 Å². The van der Waals surface area contributed by atoms with E-state index in [1.54, 1.807) is 6.07 Å². The number of aromatic nitrogens is 1. The lowest BCUT2D eigenvalue weighted by Gasteiger charge is -2.08. The summed E-state index contributed by atoms with van der Waals surface area (Å²) in [4.78, 5) is 3.55. The fourth-order valence-electron chi connectivity index (χ4n) is 1.40. The minimum absolute atomic E-state index is 0.169. The Bertz CT molecular complexity index is 537. The zero-order valence-electron chi connectivity index (χ0n) is 9.12. The van der Waals surface area contributed by atoms with E-state index in [4.69, 9.17) is 0 Å². The minimum atomic E-state index is -0.504. The van der Waals surface area contributed by atoms with Crippen molar-refractivity contribution in [3.8, 4) is 5.75 Å². The zero-order chi connectivity index (χ0) is 13.1. The molecule has 0 bridgehead atoms. The Balaban J connectivity index is 2.08. The first kappa shape index (κ1) is 13.3. The van der Waals surface area contributed by atoms with E-state index in [1.807, 2.05) is 12.1 Å². The Labute approximate surface area is 120 Å². The molecule has 2 N–H and O–H groups in total. The van der Waals surface area contributed by atoms with Gasteiger partial charge in [0.2, 0.25) is 5.95 Å². The first-order chi connectivity index (χ1) is 8.56. The van der Waals surface area contributed by atoms with Gasteiger partial charge < -0.3 is 10.4 Å². The number of aromatic hydroxyl groups is 1. The summed E-state index contributed by atoms with van der Waals surface area (Å²) in [5, 5.41) is 12.7. The molecule has 1 aromatic heterocycles. The predicted molar refractivity (Wildman–Crippen MR) is 75.0 cm³/mol. The van der Waals surface area contributed by atoms with Crippen LogP contribution >= 0.6 is 31.9 Å². The molecule has 2 rings (SSSR count). The van der Waals surface area contributed by atoms with E-state index in [0.717, 1.165) is 11.3 Å². The Kier molecular flexibility index (Phi) is 4.19. The second-order valence-electron chi connectivity index (χ2n) is 3.63. The Hall–Kier alpha value is -1.14. The zero-order valence-corrected chi connectivity index (χ0v) is 12.3. The predicted octanol–water partition coefficient (Wildman–Crippen LogP) is 4.06. The highest BCUT2D eigenvalue weighted by atomic mass is 79.9. The fraction of sp³-hybridized carbons (Fsp3) is 0.0833. The van der Waals surface area contributed by atoms with Gasteiger partial charge in [-0.1, -0.05) is 0 Å². The highest BCUT2D eigenvalue weighted by Crippen LogP contribution is 2.33. The molecule has 0 radical (unpaired) electrons. The van der Waals surface area contributed by atoms with Crippen molar-refractivity contribution in [2.45, 2.75) is 6.54 Å². The van der Waals surface area contributed by atoms with Crippen molar-refractivity contribution in [3.63, 3.8) is 0 Å². The molecule has 0 aliphatic heterocycles. The van der Waals surface area contributed by atoms with Crippen LogP contribution in [0.2, 0.25) is 0 Å². The van der Waals surface area contributed by atoms with E-state index in [1.165, 1.54) is 12.3 Å². The highest BCUT2D eigenvalue weighted by molar-refractivity contribution is 9.11. The minimum Gasteiger partial charge on any atom is -0.506 e. The van der Waals surface area contributed by atoms with Gasteiger partial charge in [-0.15, -0.1) is 0 Å². The van der Waals surface area contributed by atoms with Gasteiger partial charge in [0.1, 0.15) is 5.75 Å². The smallest absolute Gasteiger partial charge is 0.212 e. The number of halogens is 3. The van der Waals surface area contributed by atoms with E-state index in [0.29, 0.717) is 15.5 Å². The molecule has 0 saturated heterocycles. The van der Waals surface area contributed by atoms with Crippen LogP contribution < -0.4 is 5.32 Å². The van der Waals surface area contributed by atoms with Gasteiger partial charge in [-0.3, -0.25) is 0 Å². The van der Waals surface area contributed by atoms with Gasteiger partial charge in [0.05, 0.1) is 20.8 Å². The average molecular weight is 376 g/mol. The van der Waals surface area contributed by atoms with Crippen molar-refractivity contribution in [3.05, 3.63) is 50.9 Å². The van der Waals surface area contributed by atoms with Crippen molar-refractivity contribution in [1.29, 1.82) is 0 Å². The molecule has 1 aromatic carbocycles. The number of nitrogens with one attached hydrogen (secondary N) is 1. The fourth-order valence-corrected chi connectivity index (χ4v) is 2.69. The molecule has 2 aromatic rings. The van der Waals surface area contributed by atoms with E-state index in [9.17, 15) is 9.50 Å². The Morgan fingerprint density at radius 2 is 1.89 bits per heavy atom. The maximum atomic E-state index is 12.6. The molecule has 0 spiro atoms. The number of benzene rings is 1. The van der Waals surface area contributed by atoms with Gasteiger partial charge in [0, 0.05) is 6.54 Å². The van der Waals surface area contributed by atoms with E-state index in [2.05, 4.69) is 42.2 Å². The molecule has 0 saturated carbocycles. The number of nitrogens with zero attached hydrogens (tertiary/aromatic N) is 1. The number of phenols is 1. The Morgan fingerprint density at radius 3 is 2.44 bits per heavy atom. The lowest BCUT2D eigenvalue weighted by atomic mass is 10.2. The largest absolute Gasteiger partial charge is 0.506 e. The molecule has 6 heteroatoms. The van der Waals surface area contributed by atoms with E-state index >= 15 is 0 Å². The van der Waals surface area contributed by atoms with Crippen LogP contribution in [0.15, 0.2) is 39.4 Å². The molecule has 94 valence electrons. The third-order valence-corrected chi connectivity index (χ3v) is 3.51. The molecule has 0 fully saturated rings. The quantitative estimate of drug-likeness (QED) is 0.795. The summed E-state index contributed by atoms with van der Waals surface area (Å²) in [6.07, 6.45) is 1.43. The molecular weight excluding hydrogens is 367 g/mol. The first-order valence-electron chi connectivity index (χ1n) is 5.08. The van der Waals surface area contributed by atoms with Gasteiger partial charge in [0.25, 0.3) is 0 Å². The second-order valence-corrected chi connectivity index (χ2v) is 5.34. The first-order valence-corrected chi connectivity index (χ1v) is 6.67. The van der Waals surface area contributed by atoms with E-state index < -0.39 is 5.95 Å². The van der Waals surface area contributed by atoms with Gasteiger partial charge in [-0.2, -0.15) is 4.39 Å². The van der Waals surface area contributed by atoms with Crippen molar-refractivity contribution in [2.24, 2.45) is 0 Å². The number of rotatable bonds is 3. The van der Waals surface area contributed by atoms with Crippen LogP contribution in [0.4, 0.5) is 10.1 Å². The number of phenolic OH excluding ortho intramolecular Hbond substituents is 1. The van der Waals surface area contributed by atoms with Crippen molar-refractivity contribution in [2.75, 3.05) is 5.32 Å². The topological polar surface area (TPSA) is 45.1 Å². The SMILES string of the molecule is Oc1c(Br)cc(CNc2ccc(F)nc2)cc1Br. The molecule has 3 nitrogen and oxygen atoms in total. The summed E-state index contributed by atoms with van der Waals surface area (Å²) in [6.45, 7) is 0.546. The van der Waals surface area contributed by atoms with Crippen LogP contribution in [0.1, 0.15) is 5.56 Å². The molecule has 0 amide bonds. The molecule has 1 heterocycles. The van der Waals surface area contributed by atoms with Gasteiger partial charge in [-0.25, -0.2) is 4.98 Å². The lowest BCUT2D eigenvalue weighted by Crippen LogP contribution is -2.00. The summed E-state index contributed by atoms with van der Waals surface area (Å²) in [6, 6.07) is 6.53.